The maximum Gasteiger partial charge on any atom is 0.0937 e. The molecule has 2 heteroatoms. The zero-order valence-corrected chi connectivity index (χ0v) is 12.8. The van der Waals surface area contributed by atoms with Gasteiger partial charge in [0.1, 0.15) is 0 Å². The minimum absolute atomic E-state index is 0.0243. The number of nitrogen functional groups attached to an aromatic ring is 1. The predicted molar refractivity (Wildman–Crippen MR) is 83.6 cm³/mol. The smallest absolute Gasteiger partial charge is 0.0937 e. The van der Waals surface area contributed by atoms with E-state index < -0.39 is 0 Å². The van der Waals surface area contributed by atoms with Crippen molar-refractivity contribution >= 4 is 16.6 Å². The van der Waals surface area contributed by atoms with Crippen LogP contribution in [-0.2, 0) is 10.8 Å². The van der Waals surface area contributed by atoms with Crippen molar-refractivity contribution in [1.29, 1.82) is 0 Å². The topological polar surface area (TPSA) is 38.9 Å². The third kappa shape index (κ3) is 2.58. The minimum atomic E-state index is 0.0243. The van der Waals surface area contributed by atoms with Gasteiger partial charge in [0.05, 0.1) is 11.2 Å². The van der Waals surface area contributed by atoms with Gasteiger partial charge in [-0.25, -0.2) is 0 Å². The molecule has 0 fully saturated rings. The molecule has 0 saturated carbocycles. The van der Waals surface area contributed by atoms with Gasteiger partial charge in [0.2, 0.25) is 0 Å². The molecule has 0 aliphatic rings. The fourth-order valence-electron chi connectivity index (χ4n) is 2.28. The summed E-state index contributed by atoms with van der Waals surface area (Å²) < 4.78 is 0. The van der Waals surface area contributed by atoms with Crippen molar-refractivity contribution in [2.24, 2.45) is 0 Å². The third-order valence-electron chi connectivity index (χ3n) is 3.45. The van der Waals surface area contributed by atoms with Gasteiger partial charge in [-0.1, -0.05) is 53.7 Å². The first-order chi connectivity index (χ1) is 8.60. The van der Waals surface area contributed by atoms with Crippen molar-refractivity contribution in [3.05, 3.63) is 35.5 Å². The van der Waals surface area contributed by atoms with Gasteiger partial charge in [-0.15, -0.1) is 0 Å². The first-order valence-electron chi connectivity index (χ1n) is 6.81. The Morgan fingerprint density at radius 1 is 0.947 bits per heavy atom. The summed E-state index contributed by atoms with van der Waals surface area (Å²) in [6, 6.07) is 8.28. The summed E-state index contributed by atoms with van der Waals surface area (Å²) in [6.45, 7) is 13.3. The van der Waals surface area contributed by atoms with Crippen LogP contribution in [0.3, 0.4) is 0 Å². The summed E-state index contributed by atoms with van der Waals surface area (Å²) in [7, 11) is 0. The van der Waals surface area contributed by atoms with E-state index >= 15 is 0 Å². The number of nitrogens with zero attached hydrogens (tertiary/aromatic N) is 1. The number of nitrogens with two attached hydrogens (primary N) is 1. The Kier molecular flexibility index (Phi) is 3.08. The van der Waals surface area contributed by atoms with Gasteiger partial charge >= 0.3 is 0 Å². The molecule has 2 nitrogen and oxygen atoms in total. The number of pyridine rings is 1. The van der Waals surface area contributed by atoms with E-state index in [2.05, 4.69) is 53.7 Å². The number of aromatic nitrogens is 1. The monoisotopic (exact) mass is 256 g/mol. The molecule has 0 unspecified atom stereocenters. The molecule has 0 amide bonds. The molecule has 0 bridgehead atoms. The van der Waals surface area contributed by atoms with Crippen LogP contribution < -0.4 is 5.73 Å². The molecular formula is C17H24N2. The number of para-hydroxylation sites is 1. The van der Waals surface area contributed by atoms with Crippen molar-refractivity contribution in [2.75, 3.05) is 5.73 Å². The van der Waals surface area contributed by atoms with E-state index in [4.69, 9.17) is 10.7 Å². The SMILES string of the molecule is CC(C)(C)c1cc(C(C)(C)C)c2cccc(N)c2n1. The number of benzene rings is 1. The predicted octanol–water partition coefficient (Wildman–Crippen LogP) is 4.41. The lowest BCUT2D eigenvalue weighted by Crippen LogP contribution is -2.18. The minimum Gasteiger partial charge on any atom is -0.397 e. The molecule has 102 valence electrons. The van der Waals surface area contributed by atoms with Crippen LogP contribution in [0.15, 0.2) is 24.3 Å². The summed E-state index contributed by atoms with van der Waals surface area (Å²) in [4.78, 5) is 4.80. The average molecular weight is 256 g/mol. The van der Waals surface area contributed by atoms with Gasteiger partial charge in [-0.3, -0.25) is 4.98 Å². The quantitative estimate of drug-likeness (QED) is 0.709. The highest BCUT2D eigenvalue weighted by atomic mass is 14.8. The van der Waals surface area contributed by atoms with Crippen LogP contribution in [0.5, 0.6) is 0 Å². The summed E-state index contributed by atoms with van der Waals surface area (Å²) >= 11 is 0. The Bertz CT molecular complexity index is 613. The van der Waals surface area contributed by atoms with Gasteiger partial charge in [0, 0.05) is 16.5 Å². The number of hydrogen-bond donors (Lipinski definition) is 1. The molecule has 19 heavy (non-hydrogen) atoms. The molecule has 2 aromatic rings. The highest BCUT2D eigenvalue weighted by molar-refractivity contribution is 5.92. The molecule has 0 spiro atoms. The van der Waals surface area contributed by atoms with E-state index in [1.165, 1.54) is 10.9 Å². The van der Waals surface area contributed by atoms with Crippen molar-refractivity contribution in [3.8, 4) is 0 Å². The van der Waals surface area contributed by atoms with E-state index in [1.54, 1.807) is 0 Å². The highest BCUT2D eigenvalue weighted by Crippen LogP contribution is 2.34. The summed E-state index contributed by atoms with van der Waals surface area (Å²) in [6.07, 6.45) is 0. The Morgan fingerprint density at radius 3 is 2.11 bits per heavy atom. The largest absolute Gasteiger partial charge is 0.397 e. The van der Waals surface area contributed by atoms with Gasteiger partial charge in [-0.2, -0.15) is 0 Å². The molecule has 0 aliphatic carbocycles. The molecule has 0 radical (unpaired) electrons. The maximum atomic E-state index is 6.12. The van der Waals surface area contributed by atoms with E-state index in [1.807, 2.05) is 12.1 Å². The van der Waals surface area contributed by atoms with Crippen molar-refractivity contribution in [3.63, 3.8) is 0 Å². The molecule has 0 atom stereocenters. The number of hydrogen-bond acceptors (Lipinski definition) is 2. The van der Waals surface area contributed by atoms with Gasteiger partial charge in [-0.05, 0) is 23.1 Å². The van der Waals surface area contributed by atoms with Crippen LogP contribution >= 0.6 is 0 Å². The average Bonchev–Trinajstić information content (AvgIpc) is 2.25. The fraction of sp³-hybridized carbons (Fsp3) is 0.471. The molecule has 1 aromatic carbocycles. The molecule has 0 aliphatic heterocycles. The van der Waals surface area contributed by atoms with Crippen LogP contribution in [0.25, 0.3) is 10.9 Å². The van der Waals surface area contributed by atoms with Crippen molar-refractivity contribution < 1.29 is 0 Å². The van der Waals surface area contributed by atoms with Crippen LogP contribution in [0, 0.1) is 0 Å². The maximum absolute atomic E-state index is 6.12. The second kappa shape index (κ2) is 4.22. The van der Waals surface area contributed by atoms with E-state index in [9.17, 15) is 0 Å². The van der Waals surface area contributed by atoms with Crippen LogP contribution in [0.1, 0.15) is 52.8 Å². The van der Waals surface area contributed by atoms with E-state index in [0.717, 1.165) is 16.9 Å². The second-order valence-electron chi connectivity index (χ2n) is 7.30. The lowest BCUT2D eigenvalue weighted by molar-refractivity contribution is 0.558. The van der Waals surface area contributed by atoms with Crippen LogP contribution in [0.2, 0.25) is 0 Å². The zero-order chi connectivity index (χ0) is 14.4. The first-order valence-corrected chi connectivity index (χ1v) is 6.81. The van der Waals surface area contributed by atoms with Crippen molar-refractivity contribution in [2.45, 2.75) is 52.4 Å². The van der Waals surface area contributed by atoms with Crippen LogP contribution in [-0.4, -0.2) is 4.98 Å². The Hall–Kier alpha value is -1.57. The molecule has 2 rings (SSSR count). The normalized spacial score (nSPS) is 12.9. The lowest BCUT2D eigenvalue weighted by Gasteiger charge is -2.26. The fourth-order valence-corrected chi connectivity index (χ4v) is 2.28. The second-order valence-corrected chi connectivity index (χ2v) is 7.30. The summed E-state index contributed by atoms with van der Waals surface area (Å²) in [5.74, 6) is 0. The number of anilines is 1. The van der Waals surface area contributed by atoms with E-state index in [-0.39, 0.29) is 10.8 Å². The Morgan fingerprint density at radius 2 is 1.58 bits per heavy atom. The molecule has 1 heterocycles. The third-order valence-corrected chi connectivity index (χ3v) is 3.45. The molecule has 1 aromatic heterocycles. The van der Waals surface area contributed by atoms with E-state index in [0.29, 0.717) is 0 Å². The lowest BCUT2D eigenvalue weighted by atomic mass is 9.81. The summed E-state index contributed by atoms with van der Waals surface area (Å²) in [5, 5.41) is 1.17. The summed E-state index contributed by atoms with van der Waals surface area (Å²) in [5.41, 5.74) is 10.3. The van der Waals surface area contributed by atoms with Gasteiger partial charge in [0.15, 0.2) is 0 Å². The first kappa shape index (κ1) is 13.9. The molecule has 0 saturated heterocycles. The standard InChI is InChI=1S/C17H24N2/c1-16(2,3)12-10-14(17(4,5)6)19-15-11(12)8-7-9-13(15)18/h7-10H,18H2,1-6H3. The number of rotatable bonds is 0. The molecular weight excluding hydrogens is 232 g/mol. The van der Waals surface area contributed by atoms with Crippen LogP contribution in [0.4, 0.5) is 5.69 Å². The van der Waals surface area contributed by atoms with Gasteiger partial charge in [0.25, 0.3) is 0 Å². The molecule has 2 N–H and O–H groups in total. The van der Waals surface area contributed by atoms with Gasteiger partial charge < -0.3 is 5.73 Å². The highest BCUT2D eigenvalue weighted by Gasteiger charge is 2.23. The Balaban J connectivity index is 2.89. The Labute approximate surface area is 116 Å². The zero-order valence-electron chi connectivity index (χ0n) is 12.8. The number of fused-ring (bicyclic) bond motifs is 1. The van der Waals surface area contributed by atoms with Crippen molar-refractivity contribution in [1.82, 2.24) is 4.98 Å².